The van der Waals surface area contributed by atoms with Gasteiger partial charge in [0.05, 0.1) is 5.69 Å². The van der Waals surface area contributed by atoms with Crippen molar-refractivity contribution in [3.63, 3.8) is 0 Å². The van der Waals surface area contributed by atoms with Gasteiger partial charge in [0.25, 0.3) is 0 Å². The molecule has 3 aromatic rings. The molecule has 0 saturated carbocycles. The summed E-state index contributed by atoms with van der Waals surface area (Å²) >= 11 is 5.98. The van der Waals surface area contributed by atoms with E-state index in [1.54, 1.807) is 55.9 Å². The van der Waals surface area contributed by atoms with Crippen molar-refractivity contribution in [3.05, 3.63) is 71.4 Å². The van der Waals surface area contributed by atoms with E-state index in [1.807, 2.05) is 30.3 Å². The smallest absolute Gasteiger partial charge is 0.342 e. The van der Waals surface area contributed by atoms with Gasteiger partial charge in [-0.05, 0) is 24.3 Å². The molecule has 144 valence electrons. The quantitative estimate of drug-likeness (QED) is 0.571. The molecule has 3 rings (SSSR count). The number of aromatic nitrogens is 2. The molecule has 6 heteroatoms. The summed E-state index contributed by atoms with van der Waals surface area (Å²) in [4.78, 5) is 24.8. The number of ketones is 1. The van der Waals surface area contributed by atoms with Crippen LogP contribution < -0.4 is 0 Å². The van der Waals surface area contributed by atoms with E-state index in [0.717, 1.165) is 11.3 Å². The Morgan fingerprint density at radius 1 is 1.04 bits per heavy atom. The minimum absolute atomic E-state index is 0.149. The van der Waals surface area contributed by atoms with Gasteiger partial charge in [0, 0.05) is 22.2 Å². The average molecular weight is 397 g/mol. The normalized spacial score (nSPS) is 11.3. The Balaban J connectivity index is 1.96. The van der Waals surface area contributed by atoms with Crippen LogP contribution in [0.15, 0.2) is 60.8 Å². The fraction of sp³-hybridized carbons (Fsp3) is 0.227. The van der Waals surface area contributed by atoms with Crippen LogP contribution in [0.2, 0.25) is 5.02 Å². The molecule has 0 amide bonds. The zero-order valence-electron chi connectivity index (χ0n) is 16.0. The van der Waals surface area contributed by atoms with Crippen LogP contribution >= 0.6 is 11.6 Å². The van der Waals surface area contributed by atoms with Crippen LogP contribution in [0.4, 0.5) is 0 Å². The molecule has 2 aromatic carbocycles. The number of hydrogen-bond donors (Lipinski definition) is 0. The van der Waals surface area contributed by atoms with Crippen molar-refractivity contribution in [3.8, 4) is 16.9 Å². The lowest BCUT2D eigenvalue weighted by Gasteiger charge is -2.16. The van der Waals surface area contributed by atoms with Crippen LogP contribution in [0.1, 0.15) is 31.1 Å². The number of hydrogen-bond acceptors (Lipinski definition) is 4. The molecule has 0 spiro atoms. The number of esters is 1. The van der Waals surface area contributed by atoms with Gasteiger partial charge in [-0.15, -0.1) is 0 Å². The molecule has 28 heavy (non-hydrogen) atoms. The number of halogens is 1. The third-order valence-corrected chi connectivity index (χ3v) is 4.50. The topological polar surface area (TPSA) is 61.2 Å². The van der Waals surface area contributed by atoms with E-state index < -0.39 is 11.4 Å². The third-order valence-electron chi connectivity index (χ3n) is 4.24. The second kappa shape index (κ2) is 7.98. The van der Waals surface area contributed by atoms with Crippen molar-refractivity contribution in [1.29, 1.82) is 0 Å². The van der Waals surface area contributed by atoms with Gasteiger partial charge in [-0.1, -0.05) is 62.7 Å². The molecule has 0 radical (unpaired) electrons. The Morgan fingerprint density at radius 3 is 2.29 bits per heavy atom. The SMILES string of the molecule is CC(C)(C)C(=O)COC(=O)c1cn(-c2ccccc2)nc1-c1ccc(Cl)cc1. The Hall–Kier alpha value is -2.92. The largest absolute Gasteiger partial charge is 0.454 e. The first-order valence-corrected chi connectivity index (χ1v) is 9.25. The van der Waals surface area contributed by atoms with Gasteiger partial charge in [-0.3, -0.25) is 4.79 Å². The highest BCUT2D eigenvalue weighted by atomic mass is 35.5. The van der Waals surface area contributed by atoms with Crippen LogP contribution in [-0.4, -0.2) is 28.1 Å². The molecule has 1 aromatic heterocycles. The minimum Gasteiger partial charge on any atom is -0.454 e. The number of carbonyl (C=O) groups excluding carboxylic acids is 2. The van der Waals surface area contributed by atoms with Gasteiger partial charge in [-0.25, -0.2) is 9.48 Å². The third kappa shape index (κ3) is 4.49. The summed E-state index contributed by atoms with van der Waals surface area (Å²) in [5.74, 6) is -0.742. The van der Waals surface area contributed by atoms with Crippen LogP contribution in [0.5, 0.6) is 0 Å². The maximum Gasteiger partial charge on any atom is 0.342 e. The summed E-state index contributed by atoms with van der Waals surface area (Å²) in [7, 11) is 0. The molecule has 0 aliphatic carbocycles. The first kappa shape index (κ1) is 19.8. The molecular weight excluding hydrogens is 376 g/mol. The highest BCUT2D eigenvalue weighted by Gasteiger charge is 2.25. The van der Waals surface area contributed by atoms with E-state index >= 15 is 0 Å². The van der Waals surface area contributed by atoms with E-state index in [4.69, 9.17) is 16.3 Å². The molecular formula is C22H21ClN2O3. The van der Waals surface area contributed by atoms with Gasteiger partial charge >= 0.3 is 5.97 Å². The molecule has 0 N–H and O–H groups in total. The van der Waals surface area contributed by atoms with Crippen molar-refractivity contribution in [2.24, 2.45) is 5.41 Å². The molecule has 0 aliphatic rings. The van der Waals surface area contributed by atoms with Crippen molar-refractivity contribution in [2.45, 2.75) is 20.8 Å². The lowest BCUT2D eigenvalue weighted by atomic mass is 9.91. The van der Waals surface area contributed by atoms with Crippen LogP contribution in [0.3, 0.4) is 0 Å². The highest BCUT2D eigenvalue weighted by molar-refractivity contribution is 6.30. The minimum atomic E-state index is -0.593. The summed E-state index contributed by atoms with van der Waals surface area (Å²) in [5.41, 5.74) is 1.71. The lowest BCUT2D eigenvalue weighted by Crippen LogP contribution is -2.26. The molecule has 0 unspecified atom stereocenters. The van der Waals surface area contributed by atoms with Crippen molar-refractivity contribution in [1.82, 2.24) is 9.78 Å². The molecule has 0 atom stereocenters. The summed E-state index contributed by atoms with van der Waals surface area (Å²) < 4.78 is 6.90. The van der Waals surface area contributed by atoms with Gasteiger partial charge in [0.15, 0.2) is 12.4 Å². The maximum absolute atomic E-state index is 12.7. The number of nitrogens with zero attached hydrogens (tertiary/aromatic N) is 2. The van der Waals surface area contributed by atoms with Gasteiger partial charge in [0.1, 0.15) is 11.3 Å². The zero-order chi connectivity index (χ0) is 20.3. The number of carbonyl (C=O) groups is 2. The molecule has 5 nitrogen and oxygen atoms in total. The van der Waals surface area contributed by atoms with Crippen LogP contribution in [0.25, 0.3) is 16.9 Å². The lowest BCUT2D eigenvalue weighted by molar-refractivity contribution is -0.129. The first-order valence-electron chi connectivity index (χ1n) is 8.87. The predicted octanol–water partition coefficient (Wildman–Crippen LogP) is 4.96. The standard InChI is InChI=1S/C22H21ClN2O3/c1-22(2,3)19(26)14-28-21(27)18-13-25(17-7-5-4-6-8-17)24-20(18)15-9-11-16(23)12-10-15/h4-13H,14H2,1-3H3. The van der Waals surface area contributed by atoms with E-state index in [9.17, 15) is 9.59 Å². The summed E-state index contributed by atoms with van der Waals surface area (Å²) in [5, 5.41) is 5.15. The monoisotopic (exact) mass is 396 g/mol. The molecule has 0 saturated heterocycles. The van der Waals surface area contributed by atoms with Crippen molar-refractivity contribution in [2.75, 3.05) is 6.61 Å². The second-order valence-electron chi connectivity index (χ2n) is 7.43. The summed E-state index contributed by atoms with van der Waals surface area (Å²) in [6, 6.07) is 16.5. The highest BCUT2D eigenvalue weighted by Crippen LogP contribution is 2.26. The number of benzene rings is 2. The summed E-state index contributed by atoms with van der Waals surface area (Å²) in [6.45, 7) is 5.08. The average Bonchev–Trinajstić information content (AvgIpc) is 3.12. The second-order valence-corrected chi connectivity index (χ2v) is 7.86. The number of ether oxygens (including phenoxy) is 1. The maximum atomic E-state index is 12.7. The molecule has 0 aliphatic heterocycles. The molecule has 1 heterocycles. The van der Waals surface area contributed by atoms with Gasteiger partial charge < -0.3 is 4.74 Å². The van der Waals surface area contributed by atoms with Crippen LogP contribution in [-0.2, 0) is 9.53 Å². The van der Waals surface area contributed by atoms with Gasteiger partial charge in [-0.2, -0.15) is 5.10 Å². The Kier molecular flexibility index (Phi) is 5.66. The predicted molar refractivity (Wildman–Crippen MR) is 109 cm³/mol. The van der Waals surface area contributed by atoms with E-state index in [-0.39, 0.29) is 18.0 Å². The molecule has 0 bridgehead atoms. The first-order chi connectivity index (χ1) is 13.3. The molecule has 0 fully saturated rings. The number of para-hydroxylation sites is 1. The fourth-order valence-corrected chi connectivity index (χ4v) is 2.61. The fourth-order valence-electron chi connectivity index (χ4n) is 2.48. The number of rotatable bonds is 5. The Labute approximate surface area is 168 Å². The number of Topliss-reactive ketones (excluding diaryl/α,β-unsaturated/α-hetero) is 1. The van der Waals surface area contributed by atoms with E-state index in [2.05, 4.69) is 5.10 Å². The van der Waals surface area contributed by atoms with E-state index in [0.29, 0.717) is 10.7 Å². The Bertz CT molecular complexity index is 987. The van der Waals surface area contributed by atoms with Crippen molar-refractivity contribution >= 4 is 23.4 Å². The zero-order valence-corrected chi connectivity index (χ0v) is 16.7. The summed E-state index contributed by atoms with van der Waals surface area (Å²) in [6.07, 6.45) is 1.61. The van der Waals surface area contributed by atoms with Crippen LogP contribution in [0, 0.1) is 5.41 Å². The van der Waals surface area contributed by atoms with Gasteiger partial charge in [0.2, 0.25) is 0 Å². The van der Waals surface area contributed by atoms with Crippen molar-refractivity contribution < 1.29 is 14.3 Å². The van der Waals surface area contributed by atoms with E-state index in [1.165, 1.54) is 0 Å². The Morgan fingerprint density at radius 2 is 1.68 bits per heavy atom.